The van der Waals surface area contributed by atoms with Crippen molar-refractivity contribution in [1.82, 2.24) is 0 Å². The van der Waals surface area contributed by atoms with Gasteiger partial charge in [0.15, 0.2) is 5.78 Å². The lowest BCUT2D eigenvalue weighted by Gasteiger charge is -2.13. The molecule has 6 heteroatoms. The fourth-order valence-electron chi connectivity index (χ4n) is 2.46. The molecule has 3 aromatic rings. The van der Waals surface area contributed by atoms with Crippen molar-refractivity contribution >= 4 is 38.3 Å². The fraction of sp³-hybridized carbons (Fsp3) is 0.105. The van der Waals surface area contributed by atoms with Crippen LogP contribution in [0.4, 0.5) is 0 Å². The van der Waals surface area contributed by atoms with Crippen LogP contribution in [0, 0.1) is 0 Å². The molecule has 0 spiro atoms. The number of halogens is 1. The van der Waals surface area contributed by atoms with Crippen LogP contribution in [0.15, 0.2) is 71.6 Å². The molecule has 0 amide bonds. The largest absolute Gasteiger partial charge is 0.297 e. The number of fused-ring (bicyclic) bond motifs is 1. The van der Waals surface area contributed by atoms with Gasteiger partial charge < -0.3 is 0 Å². The van der Waals surface area contributed by atoms with Crippen molar-refractivity contribution in [3.8, 4) is 0 Å². The first kappa shape index (κ1) is 17.6. The standard InChI is InChI=1S/C19H15ClO4S/c1-13(19(21)15-6-9-17(20)10-7-15)24-25(22,23)18-11-8-14-4-2-3-5-16(14)12-18/h2-13H,1H3/t13-/m1/s1. The summed E-state index contributed by atoms with van der Waals surface area (Å²) in [6.07, 6.45) is -1.14. The summed E-state index contributed by atoms with van der Waals surface area (Å²) in [4.78, 5) is 12.4. The fourth-order valence-corrected chi connectivity index (χ4v) is 3.67. The lowest BCUT2D eigenvalue weighted by atomic mass is 10.1. The lowest BCUT2D eigenvalue weighted by molar-refractivity contribution is 0.0826. The van der Waals surface area contributed by atoms with E-state index in [0.717, 1.165) is 10.8 Å². The first-order chi connectivity index (χ1) is 11.9. The predicted molar refractivity (Wildman–Crippen MR) is 97.5 cm³/mol. The topological polar surface area (TPSA) is 60.4 Å². The van der Waals surface area contributed by atoms with Crippen molar-refractivity contribution in [2.75, 3.05) is 0 Å². The minimum atomic E-state index is -4.06. The average Bonchev–Trinajstić information content (AvgIpc) is 2.61. The molecule has 0 radical (unpaired) electrons. The molecule has 1 atom stereocenters. The van der Waals surface area contributed by atoms with E-state index >= 15 is 0 Å². The highest BCUT2D eigenvalue weighted by atomic mass is 35.5. The lowest BCUT2D eigenvalue weighted by Crippen LogP contribution is -2.24. The molecule has 3 rings (SSSR count). The number of hydrogen-bond donors (Lipinski definition) is 0. The van der Waals surface area contributed by atoms with Gasteiger partial charge in [-0.05, 0) is 54.1 Å². The van der Waals surface area contributed by atoms with Gasteiger partial charge >= 0.3 is 0 Å². The maximum absolute atomic E-state index is 12.5. The van der Waals surface area contributed by atoms with Crippen LogP contribution in [0.3, 0.4) is 0 Å². The van der Waals surface area contributed by atoms with E-state index in [4.69, 9.17) is 15.8 Å². The maximum Gasteiger partial charge on any atom is 0.297 e. The normalized spacial score (nSPS) is 12.9. The van der Waals surface area contributed by atoms with Crippen molar-refractivity contribution in [1.29, 1.82) is 0 Å². The first-order valence-electron chi connectivity index (χ1n) is 7.59. The van der Waals surface area contributed by atoms with Gasteiger partial charge in [-0.15, -0.1) is 0 Å². The summed E-state index contributed by atoms with van der Waals surface area (Å²) in [5.74, 6) is -0.430. The third-order valence-electron chi connectivity index (χ3n) is 3.78. The maximum atomic E-state index is 12.5. The highest BCUT2D eigenvalue weighted by molar-refractivity contribution is 7.86. The molecule has 0 saturated carbocycles. The zero-order valence-corrected chi connectivity index (χ0v) is 14.9. The number of Topliss-reactive ketones (excluding diaryl/α,β-unsaturated/α-hetero) is 1. The van der Waals surface area contributed by atoms with Gasteiger partial charge in [0.1, 0.15) is 6.10 Å². The van der Waals surface area contributed by atoms with Crippen LogP contribution in [-0.4, -0.2) is 20.3 Å². The van der Waals surface area contributed by atoms with Gasteiger partial charge in [-0.1, -0.05) is 41.9 Å². The van der Waals surface area contributed by atoms with E-state index in [2.05, 4.69) is 0 Å². The minimum absolute atomic E-state index is 0.0157. The number of carbonyl (C=O) groups is 1. The predicted octanol–water partition coefficient (Wildman–Crippen LogP) is 4.47. The van der Waals surface area contributed by atoms with Crippen molar-refractivity contribution in [2.24, 2.45) is 0 Å². The highest BCUT2D eigenvalue weighted by Gasteiger charge is 2.25. The van der Waals surface area contributed by atoms with E-state index in [-0.39, 0.29) is 4.90 Å². The molecular weight excluding hydrogens is 360 g/mol. The number of hydrogen-bond acceptors (Lipinski definition) is 4. The second-order valence-corrected chi connectivity index (χ2v) is 7.58. The minimum Gasteiger partial charge on any atom is -0.291 e. The Kier molecular flexibility index (Phi) is 4.90. The second-order valence-electron chi connectivity index (χ2n) is 5.57. The number of benzene rings is 3. The summed E-state index contributed by atoms with van der Waals surface area (Å²) in [5.41, 5.74) is 0.339. The van der Waals surface area contributed by atoms with Gasteiger partial charge in [-0.25, -0.2) is 0 Å². The molecule has 0 aliphatic rings. The van der Waals surface area contributed by atoms with Crippen LogP contribution in [0.5, 0.6) is 0 Å². The van der Waals surface area contributed by atoms with Crippen LogP contribution in [0.1, 0.15) is 17.3 Å². The summed E-state index contributed by atoms with van der Waals surface area (Å²) in [7, 11) is -4.06. The molecule has 0 aliphatic heterocycles. The van der Waals surface area contributed by atoms with Crippen molar-refractivity contribution in [3.63, 3.8) is 0 Å². The Morgan fingerprint density at radius 1 is 0.960 bits per heavy atom. The molecule has 0 bridgehead atoms. The summed E-state index contributed by atoms with van der Waals surface area (Å²) in [5, 5.41) is 2.20. The summed E-state index contributed by atoms with van der Waals surface area (Å²) < 4.78 is 30.1. The molecule has 0 saturated heterocycles. The Morgan fingerprint density at radius 3 is 2.28 bits per heavy atom. The molecular formula is C19H15ClO4S. The van der Waals surface area contributed by atoms with E-state index in [9.17, 15) is 13.2 Å². The second kappa shape index (κ2) is 6.96. The van der Waals surface area contributed by atoms with Crippen molar-refractivity contribution < 1.29 is 17.4 Å². The molecule has 0 fully saturated rings. The molecule has 0 aromatic heterocycles. The van der Waals surface area contributed by atoms with Crippen molar-refractivity contribution in [2.45, 2.75) is 17.9 Å². The van der Waals surface area contributed by atoms with E-state index in [0.29, 0.717) is 10.6 Å². The summed E-state index contributed by atoms with van der Waals surface area (Å²) >= 11 is 5.79. The molecule has 25 heavy (non-hydrogen) atoms. The number of carbonyl (C=O) groups excluding carboxylic acids is 1. The van der Waals surface area contributed by atoms with Gasteiger partial charge in [-0.2, -0.15) is 8.42 Å². The quantitative estimate of drug-likeness (QED) is 0.488. The van der Waals surface area contributed by atoms with Crippen molar-refractivity contribution in [3.05, 3.63) is 77.3 Å². The van der Waals surface area contributed by atoms with E-state index in [1.807, 2.05) is 24.3 Å². The molecule has 0 aliphatic carbocycles. The van der Waals surface area contributed by atoms with Crippen LogP contribution < -0.4 is 0 Å². The molecule has 128 valence electrons. The Hall–Kier alpha value is -2.21. The highest BCUT2D eigenvalue weighted by Crippen LogP contribution is 2.22. The van der Waals surface area contributed by atoms with Gasteiger partial charge in [0.05, 0.1) is 4.90 Å². The van der Waals surface area contributed by atoms with Crippen LogP contribution in [-0.2, 0) is 14.3 Å². The zero-order chi connectivity index (χ0) is 18.0. The first-order valence-corrected chi connectivity index (χ1v) is 9.37. The van der Waals surface area contributed by atoms with E-state index in [1.54, 1.807) is 18.2 Å². The summed E-state index contributed by atoms with van der Waals surface area (Å²) in [6.45, 7) is 1.41. The molecule has 3 aromatic carbocycles. The summed E-state index contributed by atoms with van der Waals surface area (Å²) in [6, 6.07) is 18.3. The third-order valence-corrected chi connectivity index (χ3v) is 5.40. The van der Waals surface area contributed by atoms with E-state index < -0.39 is 22.0 Å². The molecule has 4 nitrogen and oxygen atoms in total. The smallest absolute Gasteiger partial charge is 0.291 e. The Morgan fingerprint density at radius 2 is 1.60 bits per heavy atom. The van der Waals surface area contributed by atoms with Gasteiger partial charge in [0.2, 0.25) is 0 Å². The van der Waals surface area contributed by atoms with Gasteiger partial charge in [-0.3, -0.25) is 8.98 Å². The van der Waals surface area contributed by atoms with Crippen LogP contribution in [0.2, 0.25) is 5.02 Å². The number of rotatable bonds is 5. The molecule has 0 heterocycles. The van der Waals surface area contributed by atoms with Crippen LogP contribution in [0.25, 0.3) is 10.8 Å². The molecule has 0 unspecified atom stereocenters. The average molecular weight is 375 g/mol. The monoisotopic (exact) mass is 374 g/mol. The zero-order valence-electron chi connectivity index (χ0n) is 13.3. The Balaban J connectivity index is 1.84. The van der Waals surface area contributed by atoms with Gasteiger partial charge in [0.25, 0.3) is 10.1 Å². The third kappa shape index (κ3) is 3.90. The SMILES string of the molecule is C[C@@H](OS(=O)(=O)c1ccc2ccccc2c1)C(=O)c1ccc(Cl)cc1. The Bertz CT molecular complexity index is 1030. The Labute approximate surface area is 151 Å². The molecule has 0 N–H and O–H groups in total. The van der Waals surface area contributed by atoms with Crippen LogP contribution >= 0.6 is 11.6 Å². The number of ketones is 1. The van der Waals surface area contributed by atoms with Gasteiger partial charge in [0, 0.05) is 10.6 Å². The van der Waals surface area contributed by atoms with E-state index in [1.165, 1.54) is 31.2 Å².